The third kappa shape index (κ3) is 4.94. The van der Waals surface area contributed by atoms with Gasteiger partial charge in [0.2, 0.25) is 5.91 Å². The van der Waals surface area contributed by atoms with Crippen LogP contribution < -0.4 is 10.6 Å². The molecule has 0 radical (unpaired) electrons. The average molecular weight is 220 g/mol. The number of hydrogen-bond acceptors (Lipinski definition) is 2. The summed E-state index contributed by atoms with van der Waals surface area (Å²) in [5.41, 5.74) is 2.29. The van der Waals surface area contributed by atoms with Crippen LogP contribution in [-0.2, 0) is 11.2 Å². The zero-order valence-electron chi connectivity index (χ0n) is 10.0. The summed E-state index contributed by atoms with van der Waals surface area (Å²) in [5.74, 6) is 0.0972. The molecule has 1 aromatic carbocycles. The minimum atomic E-state index is 0.0972. The molecule has 3 heteroatoms. The molecule has 0 atom stereocenters. The number of carbonyl (C=O) groups is 1. The highest BCUT2D eigenvalue weighted by molar-refractivity contribution is 5.78. The maximum Gasteiger partial charge on any atom is 0.224 e. The molecule has 0 aliphatic heterocycles. The van der Waals surface area contributed by atoms with E-state index in [1.807, 2.05) is 38.2 Å². The van der Waals surface area contributed by atoms with Crippen LogP contribution in [0.4, 0.5) is 0 Å². The molecule has 0 aliphatic rings. The van der Waals surface area contributed by atoms with E-state index in [0.29, 0.717) is 6.42 Å². The SMILES string of the molecule is CNCCCNC(=O)Cc1ccc(C)cc1. The Morgan fingerprint density at radius 1 is 1.19 bits per heavy atom. The van der Waals surface area contributed by atoms with Crippen molar-refractivity contribution in [3.63, 3.8) is 0 Å². The summed E-state index contributed by atoms with van der Waals surface area (Å²) < 4.78 is 0. The molecule has 0 fully saturated rings. The number of aryl methyl sites for hydroxylation is 1. The van der Waals surface area contributed by atoms with Crippen molar-refractivity contribution >= 4 is 5.91 Å². The molecule has 1 aromatic rings. The molecule has 0 heterocycles. The molecule has 1 rings (SSSR count). The summed E-state index contributed by atoms with van der Waals surface area (Å²) in [6.45, 7) is 3.72. The maximum atomic E-state index is 11.5. The van der Waals surface area contributed by atoms with E-state index in [0.717, 1.165) is 25.1 Å². The molecule has 0 aliphatic carbocycles. The second kappa shape index (κ2) is 7.01. The van der Waals surface area contributed by atoms with Crippen molar-refractivity contribution in [3.8, 4) is 0 Å². The highest BCUT2D eigenvalue weighted by Gasteiger charge is 2.01. The van der Waals surface area contributed by atoms with E-state index in [2.05, 4.69) is 10.6 Å². The van der Waals surface area contributed by atoms with E-state index in [9.17, 15) is 4.79 Å². The van der Waals surface area contributed by atoms with Crippen LogP contribution in [-0.4, -0.2) is 26.0 Å². The van der Waals surface area contributed by atoms with E-state index >= 15 is 0 Å². The van der Waals surface area contributed by atoms with E-state index in [4.69, 9.17) is 0 Å². The van der Waals surface area contributed by atoms with Crippen LogP contribution in [0.5, 0.6) is 0 Å². The van der Waals surface area contributed by atoms with Crippen molar-refractivity contribution in [3.05, 3.63) is 35.4 Å². The average Bonchev–Trinajstić information content (AvgIpc) is 2.28. The molecule has 0 unspecified atom stereocenters. The summed E-state index contributed by atoms with van der Waals surface area (Å²) in [4.78, 5) is 11.5. The first-order valence-electron chi connectivity index (χ1n) is 5.69. The Bertz CT molecular complexity index is 319. The van der Waals surface area contributed by atoms with Crippen LogP contribution in [0, 0.1) is 6.92 Å². The maximum absolute atomic E-state index is 11.5. The number of hydrogen-bond donors (Lipinski definition) is 2. The van der Waals surface area contributed by atoms with Gasteiger partial charge in [-0.3, -0.25) is 4.79 Å². The van der Waals surface area contributed by atoms with Gasteiger partial charge < -0.3 is 10.6 Å². The third-order valence-electron chi connectivity index (χ3n) is 2.41. The lowest BCUT2D eigenvalue weighted by atomic mass is 10.1. The first-order chi connectivity index (χ1) is 7.72. The highest BCUT2D eigenvalue weighted by atomic mass is 16.1. The van der Waals surface area contributed by atoms with Gasteiger partial charge in [-0.05, 0) is 32.5 Å². The van der Waals surface area contributed by atoms with Gasteiger partial charge in [0.1, 0.15) is 0 Å². The summed E-state index contributed by atoms with van der Waals surface area (Å²) in [5, 5.41) is 5.95. The number of rotatable bonds is 6. The minimum Gasteiger partial charge on any atom is -0.356 e. The molecule has 0 saturated carbocycles. The summed E-state index contributed by atoms with van der Waals surface area (Å²) in [6.07, 6.45) is 1.44. The number of nitrogens with one attached hydrogen (secondary N) is 2. The van der Waals surface area contributed by atoms with Gasteiger partial charge >= 0.3 is 0 Å². The predicted molar refractivity (Wildman–Crippen MR) is 66.4 cm³/mol. The van der Waals surface area contributed by atoms with Gasteiger partial charge in [0.25, 0.3) is 0 Å². The Labute approximate surface area is 97.2 Å². The second-order valence-electron chi connectivity index (χ2n) is 3.97. The largest absolute Gasteiger partial charge is 0.356 e. The van der Waals surface area contributed by atoms with Gasteiger partial charge in [-0.2, -0.15) is 0 Å². The lowest BCUT2D eigenvalue weighted by molar-refractivity contribution is -0.120. The number of amides is 1. The zero-order chi connectivity index (χ0) is 11.8. The van der Waals surface area contributed by atoms with Crippen molar-refractivity contribution in [2.24, 2.45) is 0 Å². The molecule has 0 saturated heterocycles. The fraction of sp³-hybridized carbons (Fsp3) is 0.462. The van der Waals surface area contributed by atoms with E-state index in [1.165, 1.54) is 5.56 Å². The zero-order valence-corrected chi connectivity index (χ0v) is 10.0. The molecular formula is C13H20N2O. The molecule has 88 valence electrons. The van der Waals surface area contributed by atoms with Crippen LogP contribution in [0.3, 0.4) is 0 Å². The van der Waals surface area contributed by atoms with Crippen LogP contribution >= 0.6 is 0 Å². The van der Waals surface area contributed by atoms with Gasteiger partial charge in [0.15, 0.2) is 0 Å². The monoisotopic (exact) mass is 220 g/mol. The second-order valence-corrected chi connectivity index (χ2v) is 3.97. The van der Waals surface area contributed by atoms with Crippen molar-refractivity contribution in [2.45, 2.75) is 19.8 Å². The Hall–Kier alpha value is -1.35. The Morgan fingerprint density at radius 3 is 2.50 bits per heavy atom. The molecule has 2 N–H and O–H groups in total. The number of benzene rings is 1. The fourth-order valence-corrected chi connectivity index (χ4v) is 1.45. The smallest absolute Gasteiger partial charge is 0.224 e. The Balaban J connectivity index is 2.26. The standard InChI is InChI=1S/C13H20N2O/c1-11-4-6-12(7-5-11)10-13(16)15-9-3-8-14-2/h4-7,14H,3,8-10H2,1-2H3,(H,15,16). The van der Waals surface area contributed by atoms with Crippen LogP contribution in [0.15, 0.2) is 24.3 Å². The molecule has 16 heavy (non-hydrogen) atoms. The van der Waals surface area contributed by atoms with Crippen LogP contribution in [0.25, 0.3) is 0 Å². The molecule has 0 aromatic heterocycles. The van der Waals surface area contributed by atoms with Gasteiger partial charge in [-0.15, -0.1) is 0 Å². The van der Waals surface area contributed by atoms with Gasteiger partial charge in [-0.25, -0.2) is 0 Å². The third-order valence-corrected chi connectivity index (χ3v) is 2.41. The highest BCUT2D eigenvalue weighted by Crippen LogP contribution is 2.03. The van der Waals surface area contributed by atoms with E-state index in [-0.39, 0.29) is 5.91 Å². The Kier molecular flexibility index (Phi) is 5.57. The quantitative estimate of drug-likeness (QED) is 0.709. The summed E-state index contributed by atoms with van der Waals surface area (Å²) >= 11 is 0. The first kappa shape index (κ1) is 12.7. The molecule has 0 bridgehead atoms. The Morgan fingerprint density at radius 2 is 1.88 bits per heavy atom. The number of carbonyl (C=O) groups excluding carboxylic acids is 1. The van der Waals surface area contributed by atoms with Gasteiger partial charge in [-0.1, -0.05) is 29.8 Å². The van der Waals surface area contributed by atoms with Crippen molar-refractivity contribution < 1.29 is 4.79 Å². The lowest BCUT2D eigenvalue weighted by Gasteiger charge is -2.05. The van der Waals surface area contributed by atoms with Crippen molar-refractivity contribution in [1.82, 2.24) is 10.6 Å². The van der Waals surface area contributed by atoms with E-state index < -0.39 is 0 Å². The van der Waals surface area contributed by atoms with Crippen LogP contribution in [0.1, 0.15) is 17.5 Å². The summed E-state index contributed by atoms with van der Waals surface area (Å²) in [7, 11) is 1.91. The van der Waals surface area contributed by atoms with E-state index in [1.54, 1.807) is 0 Å². The molecule has 1 amide bonds. The lowest BCUT2D eigenvalue weighted by Crippen LogP contribution is -2.27. The van der Waals surface area contributed by atoms with Gasteiger partial charge in [0.05, 0.1) is 6.42 Å². The molecule has 0 spiro atoms. The fourth-order valence-electron chi connectivity index (χ4n) is 1.45. The molecule has 3 nitrogen and oxygen atoms in total. The normalized spacial score (nSPS) is 10.1. The minimum absolute atomic E-state index is 0.0972. The topological polar surface area (TPSA) is 41.1 Å². The molecular weight excluding hydrogens is 200 g/mol. The first-order valence-corrected chi connectivity index (χ1v) is 5.69. The van der Waals surface area contributed by atoms with Crippen LogP contribution in [0.2, 0.25) is 0 Å². The summed E-state index contributed by atoms with van der Waals surface area (Å²) in [6, 6.07) is 8.07. The van der Waals surface area contributed by atoms with Gasteiger partial charge in [0, 0.05) is 6.54 Å². The van der Waals surface area contributed by atoms with Crippen molar-refractivity contribution in [1.29, 1.82) is 0 Å². The van der Waals surface area contributed by atoms with Crippen molar-refractivity contribution in [2.75, 3.05) is 20.1 Å². The predicted octanol–water partition coefficient (Wildman–Crippen LogP) is 1.26.